The maximum Gasteiger partial charge on any atom is 0.305 e. The molecule has 0 fully saturated rings. The van der Waals surface area contributed by atoms with E-state index in [4.69, 9.17) is 16.3 Å². The molecule has 1 aromatic heterocycles. The van der Waals surface area contributed by atoms with Crippen molar-refractivity contribution < 1.29 is 17.9 Å². The van der Waals surface area contributed by atoms with E-state index < -0.39 is 16.0 Å². The number of ether oxygens (including phenoxy) is 1. The van der Waals surface area contributed by atoms with Crippen LogP contribution < -0.4 is 0 Å². The number of esters is 1. The van der Waals surface area contributed by atoms with Gasteiger partial charge in [-0.05, 0) is 61.2 Å². The SMILES string of the molecule is CCCCCc1ccc(S(=O)(=O)n2c(CCC(=O)OC)cc3cc(Cl)ccc32)cc1. The molecule has 0 spiro atoms. The predicted octanol–water partition coefficient (Wildman–Crippen LogP) is 5.37. The summed E-state index contributed by atoms with van der Waals surface area (Å²) in [7, 11) is -2.52. The number of benzene rings is 2. The summed E-state index contributed by atoms with van der Waals surface area (Å²) in [5.41, 5.74) is 2.17. The zero-order valence-corrected chi connectivity index (χ0v) is 18.8. The number of carbonyl (C=O) groups is 1. The van der Waals surface area contributed by atoms with Gasteiger partial charge in [0.2, 0.25) is 0 Å². The van der Waals surface area contributed by atoms with Crippen LogP contribution in [0.15, 0.2) is 53.4 Å². The molecular formula is C23H26ClNO4S. The molecule has 30 heavy (non-hydrogen) atoms. The Morgan fingerprint density at radius 3 is 2.43 bits per heavy atom. The van der Waals surface area contributed by atoms with E-state index in [0.29, 0.717) is 21.6 Å². The van der Waals surface area contributed by atoms with Gasteiger partial charge in [0.05, 0.1) is 23.9 Å². The lowest BCUT2D eigenvalue weighted by Gasteiger charge is -2.12. The largest absolute Gasteiger partial charge is 0.469 e. The van der Waals surface area contributed by atoms with Gasteiger partial charge in [0.1, 0.15) is 0 Å². The van der Waals surface area contributed by atoms with Crippen LogP contribution in [0.3, 0.4) is 0 Å². The van der Waals surface area contributed by atoms with Crippen LogP contribution in [0.5, 0.6) is 0 Å². The molecule has 0 unspecified atom stereocenters. The van der Waals surface area contributed by atoms with Gasteiger partial charge in [0.25, 0.3) is 10.0 Å². The number of aromatic nitrogens is 1. The van der Waals surface area contributed by atoms with Crippen molar-refractivity contribution in [3.63, 3.8) is 0 Å². The fourth-order valence-corrected chi connectivity index (χ4v) is 5.27. The van der Waals surface area contributed by atoms with Gasteiger partial charge in [-0.15, -0.1) is 0 Å². The highest BCUT2D eigenvalue weighted by Gasteiger charge is 2.23. The van der Waals surface area contributed by atoms with Gasteiger partial charge in [-0.3, -0.25) is 4.79 Å². The molecule has 3 aromatic rings. The molecule has 0 aliphatic heterocycles. The molecule has 0 radical (unpaired) electrons. The van der Waals surface area contributed by atoms with Crippen LogP contribution in [-0.2, 0) is 32.4 Å². The van der Waals surface area contributed by atoms with Crippen molar-refractivity contribution in [3.05, 3.63) is 64.8 Å². The number of rotatable bonds is 9. The molecule has 0 aliphatic rings. The number of carbonyl (C=O) groups excluding carboxylic acids is 1. The zero-order valence-electron chi connectivity index (χ0n) is 17.2. The number of hydrogen-bond acceptors (Lipinski definition) is 4. The first kappa shape index (κ1) is 22.4. The van der Waals surface area contributed by atoms with E-state index in [9.17, 15) is 13.2 Å². The van der Waals surface area contributed by atoms with Gasteiger partial charge < -0.3 is 4.74 Å². The van der Waals surface area contributed by atoms with E-state index in [2.05, 4.69) is 6.92 Å². The molecule has 7 heteroatoms. The Kier molecular flexibility index (Phi) is 7.21. The van der Waals surface area contributed by atoms with Gasteiger partial charge in [-0.1, -0.05) is 43.5 Å². The molecule has 0 N–H and O–H groups in total. The van der Waals surface area contributed by atoms with Crippen LogP contribution in [0, 0.1) is 0 Å². The number of unbranched alkanes of at least 4 members (excludes halogenated alkanes) is 2. The lowest BCUT2D eigenvalue weighted by atomic mass is 10.1. The lowest BCUT2D eigenvalue weighted by molar-refractivity contribution is -0.140. The van der Waals surface area contributed by atoms with Gasteiger partial charge in [0, 0.05) is 16.1 Å². The van der Waals surface area contributed by atoms with Crippen molar-refractivity contribution in [2.75, 3.05) is 7.11 Å². The van der Waals surface area contributed by atoms with Crippen molar-refractivity contribution in [2.45, 2.75) is 50.3 Å². The second-order valence-electron chi connectivity index (χ2n) is 7.29. The van der Waals surface area contributed by atoms with Crippen LogP contribution in [0.2, 0.25) is 5.02 Å². The summed E-state index contributed by atoms with van der Waals surface area (Å²) in [6.45, 7) is 2.15. The average Bonchev–Trinajstić information content (AvgIpc) is 3.10. The highest BCUT2D eigenvalue weighted by molar-refractivity contribution is 7.90. The van der Waals surface area contributed by atoms with Crippen molar-refractivity contribution in [1.82, 2.24) is 3.97 Å². The number of halogens is 1. The first-order valence-corrected chi connectivity index (χ1v) is 11.9. The van der Waals surface area contributed by atoms with Crippen molar-refractivity contribution in [1.29, 1.82) is 0 Å². The normalized spacial score (nSPS) is 11.7. The van der Waals surface area contributed by atoms with Crippen LogP contribution in [0.4, 0.5) is 0 Å². The Morgan fingerprint density at radius 2 is 1.77 bits per heavy atom. The molecule has 160 valence electrons. The molecule has 0 aliphatic carbocycles. The highest BCUT2D eigenvalue weighted by Crippen LogP contribution is 2.29. The maximum absolute atomic E-state index is 13.5. The minimum absolute atomic E-state index is 0.0897. The van der Waals surface area contributed by atoms with E-state index >= 15 is 0 Å². The zero-order chi connectivity index (χ0) is 21.7. The minimum Gasteiger partial charge on any atom is -0.469 e. The third-order valence-corrected chi connectivity index (χ3v) is 7.15. The van der Waals surface area contributed by atoms with Gasteiger partial charge in [-0.2, -0.15) is 0 Å². The van der Waals surface area contributed by atoms with Crippen LogP contribution in [0.25, 0.3) is 10.9 Å². The second-order valence-corrected chi connectivity index (χ2v) is 9.51. The lowest BCUT2D eigenvalue weighted by Crippen LogP contribution is -2.16. The number of nitrogens with zero attached hydrogens (tertiary/aromatic N) is 1. The Labute approximate surface area is 182 Å². The van der Waals surface area contributed by atoms with E-state index in [1.807, 2.05) is 12.1 Å². The molecule has 3 rings (SSSR count). The second kappa shape index (κ2) is 9.67. The number of fused-ring (bicyclic) bond motifs is 1. The van der Waals surface area contributed by atoms with Crippen molar-refractivity contribution in [2.24, 2.45) is 0 Å². The molecule has 2 aromatic carbocycles. The van der Waals surface area contributed by atoms with E-state index in [-0.39, 0.29) is 17.7 Å². The van der Waals surface area contributed by atoms with E-state index in [1.165, 1.54) is 11.1 Å². The van der Waals surface area contributed by atoms with Crippen LogP contribution >= 0.6 is 11.6 Å². The molecule has 0 amide bonds. The summed E-state index contributed by atoms with van der Waals surface area (Å²) in [6.07, 6.45) is 4.65. The quantitative estimate of drug-likeness (QED) is 0.326. The Balaban J connectivity index is 2.01. The summed E-state index contributed by atoms with van der Waals surface area (Å²) in [5, 5.41) is 1.23. The van der Waals surface area contributed by atoms with Gasteiger partial charge >= 0.3 is 5.97 Å². The fraction of sp³-hybridized carbons (Fsp3) is 0.348. The number of aryl methyl sites for hydroxylation is 2. The number of hydrogen-bond donors (Lipinski definition) is 0. The minimum atomic E-state index is -3.84. The van der Waals surface area contributed by atoms with E-state index in [0.717, 1.165) is 31.2 Å². The molecular weight excluding hydrogens is 422 g/mol. The standard InChI is InChI=1S/C23H26ClNO4S/c1-3-4-5-6-17-7-11-21(12-8-17)30(27,28)25-20(10-14-23(26)29-2)16-18-15-19(24)9-13-22(18)25/h7-9,11-13,15-16H,3-6,10,14H2,1-2H3. The third-order valence-electron chi connectivity index (χ3n) is 5.13. The summed E-state index contributed by atoms with van der Waals surface area (Å²) in [4.78, 5) is 11.8. The van der Waals surface area contributed by atoms with Crippen LogP contribution in [-0.4, -0.2) is 25.5 Å². The molecule has 0 bridgehead atoms. The first-order valence-electron chi connectivity index (χ1n) is 10.1. The van der Waals surface area contributed by atoms with Gasteiger partial charge in [0.15, 0.2) is 0 Å². The van der Waals surface area contributed by atoms with Crippen molar-refractivity contribution >= 4 is 38.5 Å². The third kappa shape index (κ3) is 4.87. The Morgan fingerprint density at radius 1 is 1.03 bits per heavy atom. The topological polar surface area (TPSA) is 65.4 Å². The fourth-order valence-electron chi connectivity index (χ4n) is 3.52. The summed E-state index contributed by atoms with van der Waals surface area (Å²) < 4.78 is 33.1. The Bertz CT molecular complexity index is 1130. The monoisotopic (exact) mass is 447 g/mol. The van der Waals surface area contributed by atoms with Crippen LogP contribution in [0.1, 0.15) is 43.9 Å². The molecule has 0 saturated heterocycles. The smallest absolute Gasteiger partial charge is 0.305 e. The summed E-state index contributed by atoms with van der Waals surface area (Å²) in [5.74, 6) is -0.390. The van der Waals surface area contributed by atoms with Crippen molar-refractivity contribution in [3.8, 4) is 0 Å². The summed E-state index contributed by atoms with van der Waals surface area (Å²) >= 11 is 6.10. The molecule has 5 nitrogen and oxygen atoms in total. The molecule has 1 heterocycles. The Hall–Kier alpha value is -2.31. The predicted molar refractivity (Wildman–Crippen MR) is 120 cm³/mol. The van der Waals surface area contributed by atoms with Gasteiger partial charge in [-0.25, -0.2) is 12.4 Å². The molecule has 0 atom stereocenters. The van der Waals surface area contributed by atoms with E-state index in [1.54, 1.807) is 36.4 Å². The molecule has 0 saturated carbocycles. The summed E-state index contributed by atoms with van der Waals surface area (Å²) in [6, 6.07) is 13.9. The first-order chi connectivity index (χ1) is 14.4. The highest BCUT2D eigenvalue weighted by atomic mass is 35.5. The average molecular weight is 448 g/mol. The number of methoxy groups -OCH3 is 1. The maximum atomic E-state index is 13.5.